The van der Waals surface area contributed by atoms with Crippen LogP contribution in [0.2, 0.25) is 0 Å². The SMILES string of the molecule is C=[O+]C(=O)C[C@H](C(=O)O)[C@@H](C)OC.COC(=O)C[C@H](C(=O)[N+]1=C(C2C[C@@H]3CCCC[C@@H]3N2)Cc2ccc(-c3cc4ccc3CCc3ccc(c(-c5ccc6nc([C@@H]7C[C@@H]8CCCC[C@@H]8N7C(=O)[C@@H](NC(=O)OC)[C@@H](C)OC)[nH]c6c5)c3)CC4)cc21)[C@@H](C)OC.c1cc2c(-c3ccc4c(c3)N=C(C3C[C@@H]5CCCC[C@@H]5N3)C4)cc1CCc1ccc(cc1-c1ccc3nc(C4C[C@H]5CCCC[C@H]5C4)[nH]c3c1)CC2. The fourth-order valence-corrected chi connectivity index (χ4v) is 26.4. The number of aromatic nitrogens is 4. The normalized spacial score (nSPS) is 24.9. The number of carboxylic acid groups (broad SMARTS) is 1. The number of carbonyl (C=O) groups excluding carboxylic acids is 6. The Bertz CT molecular complexity index is 6420. The first-order chi connectivity index (χ1) is 68.6. The van der Waals surface area contributed by atoms with Crippen LogP contribution in [-0.4, -0.2) is 179 Å². The molecule has 3 unspecified atom stereocenters. The van der Waals surface area contributed by atoms with Gasteiger partial charge in [-0.1, -0.05) is 173 Å². The number of esters is 1. The van der Waals surface area contributed by atoms with Crippen LogP contribution in [0.3, 0.4) is 0 Å². The van der Waals surface area contributed by atoms with Gasteiger partial charge in [-0.2, -0.15) is 0 Å². The van der Waals surface area contributed by atoms with E-state index >= 15 is 4.79 Å². The number of amides is 3. The van der Waals surface area contributed by atoms with E-state index in [-0.39, 0.29) is 42.8 Å². The van der Waals surface area contributed by atoms with Crippen LogP contribution >= 0.6 is 0 Å². The maximum atomic E-state index is 15.1. The summed E-state index contributed by atoms with van der Waals surface area (Å²) in [5, 5.41) is 19.4. The van der Waals surface area contributed by atoms with E-state index < -0.39 is 60.2 Å². The van der Waals surface area contributed by atoms with E-state index in [1.807, 2.05) is 16.4 Å². The molecule has 18 atom stereocenters. The van der Waals surface area contributed by atoms with Crippen molar-refractivity contribution in [2.24, 2.45) is 46.4 Å². The highest BCUT2D eigenvalue weighted by molar-refractivity contribution is 6.00. The Kier molecular flexibility index (Phi) is 29.3. The Labute approximate surface area is 828 Å². The minimum absolute atomic E-state index is 0.0545. The van der Waals surface area contributed by atoms with E-state index in [0.29, 0.717) is 42.3 Å². The maximum absolute atomic E-state index is 15.1. The first-order valence-corrected chi connectivity index (χ1v) is 52.6. The molecule has 8 fully saturated rings. The molecule has 738 valence electrons. The number of carboxylic acids is 1. The van der Waals surface area contributed by atoms with Crippen molar-refractivity contribution >= 4 is 87.5 Å². The van der Waals surface area contributed by atoms with Crippen molar-refractivity contribution in [2.75, 3.05) is 35.5 Å². The topological polar surface area (TPSA) is 292 Å². The summed E-state index contributed by atoms with van der Waals surface area (Å²) in [5.74, 6) is 2.18. The summed E-state index contributed by atoms with van der Waals surface area (Å²) in [4.78, 5) is 102. The van der Waals surface area contributed by atoms with Gasteiger partial charge in [-0.15, -0.1) is 4.58 Å². The molecule has 3 amide bonds. The number of alkyl carbamates (subject to hydrolysis) is 1. The zero-order valence-corrected chi connectivity index (χ0v) is 83.4. The molecule has 3 saturated heterocycles. The molecule has 2 aromatic heterocycles. The van der Waals surface area contributed by atoms with Gasteiger partial charge in [0, 0.05) is 80.0 Å². The quantitative estimate of drug-likeness (QED) is 0.0209. The van der Waals surface area contributed by atoms with Crippen molar-refractivity contribution in [3.05, 3.63) is 213 Å². The lowest BCUT2D eigenvalue weighted by atomic mass is 9.82. The molecule has 141 heavy (non-hydrogen) atoms. The smallest absolute Gasteiger partial charge is 0.481 e. The number of nitrogens with zero attached hydrogens (tertiary/aromatic N) is 5. The molecule has 5 saturated carbocycles. The molecule has 10 aromatic rings. The van der Waals surface area contributed by atoms with Crippen molar-refractivity contribution in [1.82, 2.24) is 40.8 Å². The number of fused-ring (bicyclic) bond motifs is 8. The highest BCUT2D eigenvalue weighted by Crippen LogP contribution is 2.52. The molecule has 23 heteroatoms. The Hall–Kier alpha value is -11.5. The number of aromatic amines is 2. The van der Waals surface area contributed by atoms with Gasteiger partial charge >= 0.3 is 29.9 Å². The molecule has 8 bridgehead atoms. The number of methoxy groups -OCH3 is 5. The van der Waals surface area contributed by atoms with Gasteiger partial charge in [0.05, 0.1) is 91.1 Å². The highest BCUT2D eigenvalue weighted by Gasteiger charge is 2.52. The van der Waals surface area contributed by atoms with Crippen LogP contribution in [0.4, 0.5) is 16.2 Å². The maximum Gasteiger partial charge on any atom is 0.580 e. The zero-order valence-electron chi connectivity index (χ0n) is 83.4. The van der Waals surface area contributed by atoms with Gasteiger partial charge in [-0.05, 0) is 297 Å². The second kappa shape index (κ2) is 42.6. The molecule has 5 aliphatic heterocycles. The first-order valence-electron chi connectivity index (χ1n) is 52.6. The Morgan fingerprint density at radius 3 is 1.47 bits per heavy atom. The van der Waals surface area contributed by atoms with E-state index in [2.05, 4.69) is 183 Å². The van der Waals surface area contributed by atoms with E-state index in [1.54, 1.807) is 28.1 Å². The summed E-state index contributed by atoms with van der Waals surface area (Å²) >= 11 is 0. The molecule has 8 aromatic carbocycles. The number of aliphatic carboxylic acids is 1. The van der Waals surface area contributed by atoms with Gasteiger partial charge in [-0.3, -0.25) is 23.8 Å². The summed E-state index contributed by atoms with van der Waals surface area (Å²) in [7, 11) is 7.21. The number of hydrogen-bond acceptors (Lipinski definition) is 16. The molecular weight excluding hydrogens is 1770 g/mol. The van der Waals surface area contributed by atoms with Gasteiger partial charge in [0.1, 0.15) is 30.0 Å². The fourth-order valence-electron chi connectivity index (χ4n) is 26.4. The van der Waals surface area contributed by atoms with Crippen LogP contribution in [0.25, 0.3) is 66.6 Å². The van der Waals surface area contributed by atoms with Crippen molar-refractivity contribution in [3.8, 4) is 44.5 Å². The minimum atomic E-state index is -1.08. The number of hydrogen-bond donors (Lipinski definition) is 6. The second-order valence-electron chi connectivity index (χ2n) is 42.8. The number of ether oxygens (including phenoxy) is 5. The Balaban J connectivity index is 0.000000161. The fraction of sp³-hybridized carbons (Fsp3) is 0.500. The number of aryl methyl sites for hydroxylation is 8. The van der Waals surface area contributed by atoms with E-state index in [9.17, 15) is 24.0 Å². The minimum Gasteiger partial charge on any atom is -0.481 e. The molecule has 0 radical (unpaired) electrons. The summed E-state index contributed by atoms with van der Waals surface area (Å²) < 4.78 is 32.3. The molecule has 13 aliphatic carbocycles. The predicted octanol–water partition coefficient (Wildman–Crippen LogP) is 20.7. The van der Waals surface area contributed by atoms with Gasteiger partial charge in [-0.25, -0.2) is 19.6 Å². The summed E-state index contributed by atoms with van der Waals surface area (Å²) in [6.07, 6.45) is 32.6. The lowest BCUT2D eigenvalue weighted by molar-refractivity contribution is -0.373. The van der Waals surface area contributed by atoms with Gasteiger partial charge < -0.3 is 59.6 Å². The van der Waals surface area contributed by atoms with Crippen molar-refractivity contribution in [1.29, 1.82) is 0 Å². The monoisotopic (exact) mass is 1910 g/mol. The van der Waals surface area contributed by atoms with Gasteiger partial charge in [0.25, 0.3) is 0 Å². The molecule has 28 rings (SSSR count). The average Bonchev–Trinajstić information content (AvgIpc) is 1.61. The number of carbonyl (C=O) groups is 6. The average molecular weight is 1910 g/mol. The summed E-state index contributed by atoms with van der Waals surface area (Å²) in [6, 6.07) is 56.3. The third-order valence-corrected chi connectivity index (χ3v) is 34.7. The van der Waals surface area contributed by atoms with Gasteiger partial charge in [0.2, 0.25) is 11.6 Å². The number of aliphatic imine (C=N–C) groups is 1. The van der Waals surface area contributed by atoms with Crippen LogP contribution in [-0.2, 0) is 116 Å². The van der Waals surface area contributed by atoms with Crippen LogP contribution in [0, 0.1) is 41.4 Å². The molecular formula is C118H140N10O13+2. The molecule has 6 N–H and O–H groups in total. The van der Waals surface area contributed by atoms with E-state index in [4.69, 9.17) is 43.8 Å². The highest BCUT2D eigenvalue weighted by atomic mass is 16.5. The van der Waals surface area contributed by atoms with Crippen molar-refractivity contribution in [2.45, 2.75) is 299 Å². The number of benzene rings is 8. The molecule has 0 spiro atoms. The number of H-pyrrole nitrogens is 2. The third-order valence-electron chi connectivity index (χ3n) is 34.7. The number of likely N-dealkylation sites (tertiary alicyclic amines) is 1. The summed E-state index contributed by atoms with van der Waals surface area (Å²) in [5.41, 5.74) is 31.9. The van der Waals surface area contributed by atoms with Gasteiger partial charge in [0.15, 0.2) is 12.5 Å². The van der Waals surface area contributed by atoms with E-state index in [0.717, 1.165) is 165 Å². The number of imidazole rings is 2. The van der Waals surface area contributed by atoms with Crippen LogP contribution < -0.4 is 16.0 Å². The van der Waals surface area contributed by atoms with E-state index in [1.165, 1.54) is 224 Å². The largest absolute Gasteiger partial charge is 0.580 e. The lowest BCUT2D eigenvalue weighted by Gasteiger charge is -2.37. The zero-order chi connectivity index (χ0) is 97.4. The van der Waals surface area contributed by atoms with Crippen molar-refractivity contribution in [3.63, 3.8) is 0 Å². The number of nitrogens with one attached hydrogen (secondary N) is 5. The van der Waals surface area contributed by atoms with Crippen LogP contribution in [0.15, 0.2) is 151 Å². The van der Waals surface area contributed by atoms with Crippen LogP contribution in [0.5, 0.6) is 0 Å². The lowest BCUT2D eigenvalue weighted by Crippen LogP contribution is -2.56. The molecule has 18 aliphatic rings. The predicted molar refractivity (Wildman–Crippen MR) is 550 cm³/mol. The van der Waals surface area contributed by atoms with Crippen LogP contribution in [0.1, 0.15) is 248 Å². The summed E-state index contributed by atoms with van der Waals surface area (Å²) in [6.45, 7) is 8.14. The number of rotatable bonds is 22. The Morgan fingerprint density at radius 2 is 0.943 bits per heavy atom. The standard InChI is InChI=1S/C62H74N6O8.C48H52N4.C8H12O5/c1-35(73-3)46(34-57(69)75-5)60(70)68-54-31-42(23-24-45(54)32-55(68)52-30-43-11-7-9-13-49(43)63-52)48-28-38-16-20-39-19-15-37(17-21-40(48)22-18-38)27-47(39)41-25-26-50-51(29-41)65-59(64-50)56-33-44-12-8-10-14-53(44)67(56)61(71)58(36(2)74-4)66-62(72)76-6;1-2-6-34-24-39(23-33(34)5-1)48-51-43-20-19-36(26-45(43)52-48)41-22-30-10-14-31-13-9-29(11-15-32(41)16-12-30)21-40(31)35-17-18-38-28-47(50-44(38)25-35)46-27-37-7-3-4-8-42(37)49-46;1-5(12-2)6(8(10)11)4-7(9)13-3/h15,18-19,22-29,31,35-36,43-44,46,49,52-53,56,58,63H,7-14,16-17,20-21,30,32-34H2,1-6H3,(H-,64,65,66,72);9,12-13,16-22,25-26,33-34,37,39,42,46,49H,1-8,10-11,14-15,23-24,27-28H2,(H,51,52);5-6H,3-4H2,1-2H3/p+2/t35-,36-,43+,44+,46+,49+,52?,53+,56+,58+;33-,34+,37-,39?,42-,46?;5-,6+/m101/s1. The third kappa shape index (κ3) is 20.5. The molecule has 23 nitrogen and oxygen atoms in total. The molecule has 7 heterocycles. The van der Waals surface area contributed by atoms with Crippen molar-refractivity contribution < 1.29 is 66.6 Å². The Morgan fingerprint density at radius 1 is 0.475 bits per heavy atom. The second-order valence-corrected chi connectivity index (χ2v) is 42.8. The first kappa shape index (κ1) is 97.0.